The molecule has 4 nitrogen and oxygen atoms in total. The van der Waals surface area contributed by atoms with Gasteiger partial charge in [-0.15, -0.1) is 12.4 Å². The van der Waals surface area contributed by atoms with Gasteiger partial charge in [0, 0.05) is 24.7 Å². The Morgan fingerprint density at radius 3 is 2.89 bits per heavy atom. The number of carbonyl (C=O) groups is 1. The third kappa shape index (κ3) is 3.66. The fourth-order valence-corrected chi connectivity index (χ4v) is 2.52. The van der Waals surface area contributed by atoms with Crippen LogP contribution in [-0.2, 0) is 4.74 Å². The lowest BCUT2D eigenvalue weighted by Crippen LogP contribution is -2.43. The van der Waals surface area contributed by atoms with Crippen molar-refractivity contribution in [3.63, 3.8) is 0 Å². The average molecular weight is 354 g/mol. The van der Waals surface area contributed by atoms with Crippen LogP contribution in [0.3, 0.4) is 0 Å². The van der Waals surface area contributed by atoms with E-state index >= 15 is 0 Å². The lowest BCUT2D eigenvalue weighted by Gasteiger charge is -2.19. The maximum Gasteiger partial charge on any atom is 0.255 e. The van der Waals surface area contributed by atoms with E-state index in [1.807, 2.05) is 0 Å². The summed E-state index contributed by atoms with van der Waals surface area (Å²) in [6, 6.07) is 4.30. The third-order valence-corrected chi connectivity index (χ3v) is 3.63. The number of halogens is 3. The normalized spacial score (nSPS) is 21.8. The molecule has 2 N–H and O–H groups in total. The minimum atomic E-state index is -0.540. The van der Waals surface area contributed by atoms with E-state index in [0.717, 1.165) is 0 Å². The van der Waals surface area contributed by atoms with E-state index in [1.165, 1.54) is 6.07 Å². The summed E-state index contributed by atoms with van der Waals surface area (Å²) in [5.74, 6) is -0.975. The number of nitrogens with one attached hydrogen (secondary N) is 2. The van der Waals surface area contributed by atoms with Gasteiger partial charge in [-0.25, -0.2) is 4.39 Å². The van der Waals surface area contributed by atoms with E-state index in [-0.39, 0.29) is 30.1 Å². The van der Waals surface area contributed by atoms with Crippen LogP contribution in [0, 0.1) is 5.82 Å². The van der Waals surface area contributed by atoms with E-state index in [0.29, 0.717) is 17.6 Å². The molecule has 0 radical (unpaired) electrons. The van der Waals surface area contributed by atoms with Gasteiger partial charge in [-0.2, -0.15) is 0 Å². The highest BCUT2D eigenvalue weighted by Crippen LogP contribution is 2.20. The van der Waals surface area contributed by atoms with Crippen molar-refractivity contribution in [2.75, 3.05) is 20.2 Å². The number of rotatable bonds is 3. The minimum Gasteiger partial charge on any atom is -0.378 e. The summed E-state index contributed by atoms with van der Waals surface area (Å²) < 4.78 is 19.3. The van der Waals surface area contributed by atoms with Gasteiger partial charge in [0.15, 0.2) is 0 Å². The first-order valence-corrected chi connectivity index (χ1v) is 6.41. The Morgan fingerprint density at radius 1 is 1.53 bits per heavy atom. The van der Waals surface area contributed by atoms with Crippen LogP contribution in [-0.4, -0.2) is 38.3 Å². The van der Waals surface area contributed by atoms with Gasteiger partial charge < -0.3 is 15.4 Å². The van der Waals surface area contributed by atoms with Crippen LogP contribution in [0.4, 0.5) is 4.39 Å². The molecule has 1 heterocycles. The van der Waals surface area contributed by atoms with Crippen molar-refractivity contribution in [3.05, 3.63) is 34.1 Å². The van der Waals surface area contributed by atoms with Gasteiger partial charge in [-0.1, -0.05) is 6.07 Å². The van der Waals surface area contributed by atoms with Crippen LogP contribution < -0.4 is 10.6 Å². The molecule has 1 fully saturated rings. The second kappa shape index (κ2) is 7.19. The van der Waals surface area contributed by atoms with Crippen molar-refractivity contribution >= 4 is 34.2 Å². The van der Waals surface area contributed by atoms with Gasteiger partial charge in [0.25, 0.3) is 5.91 Å². The molecule has 1 amide bonds. The monoisotopic (exact) mass is 352 g/mol. The van der Waals surface area contributed by atoms with E-state index in [2.05, 4.69) is 26.6 Å². The first-order valence-electron chi connectivity index (χ1n) is 5.62. The molecule has 19 heavy (non-hydrogen) atoms. The van der Waals surface area contributed by atoms with E-state index in [9.17, 15) is 9.18 Å². The van der Waals surface area contributed by atoms with E-state index < -0.39 is 11.7 Å². The molecule has 1 saturated heterocycles. The maximum atomic E-state index is 13.6. The molecule has 7 heteroatoms. The standard InChI is InChI=1S/C12H14BrFN2O2.ClH/c1-18-10-6-15-5-9(10)16-12(17)11-7(13)3-2-4-8(11)14;/h2-4,9-10,15H,5-6H2,1H3,(H,16,17);1H/t9?,10-;/m0./s1. The molecule has 0 spiro atoms. The Hall–Kier alpha value is -0.690. The highest BCUT2D eigenvalue weighted by molar-refractivity contribution is 9.10. The molecule has 1 aromatic carbocycles. The van der Waals surface area contributed by atoms with Crippen molar-refractivity contribution in [2.45, 2.75) is 12.1 Å². The number of methoxy groups -OCH3 is 1. The Labute approximate surface area is 125 Å². The lowest BCUT2D eigenvalue weighted by atomic mass is 10.1. The van der Waals surface area contributed by atoms with Gasteiger partial charge in [0.2, 0.25) is 0 Å². The lowest BCUT2D eigenvalue weighted by molar-refractivity contribution is 0.0776. The van der Waals surface area contributed by atoms with Crippen LogP contribution in [0.2, 0.25) is 0 Å². The maximum absolute atomic E-state index is 13.6. The second-order valence-electron chi connectivity index (χ2n) is 4.11. The average Bonchev–Trinajstić information content (AvgIpc) is 2.76. The van der Waals surface area contributed by atoms with Crippen molar-refractivity contribution in [1.82, 2.24) is 10.6 Å². The number of benzene rings is 1. The van der Waals surface area contributed by atoms with Crippen molar-refractivity contribution in [1.29, 1.82) is 0 Å². The minimum absolute atomic E-state index is 0. The topological polar surface area (TPSA) is 50.4 Å². The summed E-state index contributed by atoms with van der Waals surface area (Å²) in [5.41, 5.74) is 0.0271. The van der Waals surface area contributed by atoms with Crippen LogP contribution in [0.1, 0.15) is 10.4 Å². The van der Waals surface area contributed by atoms with Crippen LogP contribution in [0.5, 0.6) is 0 Å². The van der Waals surface area contributed by atoms with Crippen molar-refractivity contribution in [3.8, 4) is 0 Å². The summed E-state index contributed by atoms with van der Waals surface area (Å²) in [4.78, 5) is 12.0. The highest BCUT2D eigenvalue weighted by atomic mass is 79.9. The number of hydrogen-bond donors (Lipinski definition) is 2. The highest BCUT2D eigenvalue weighted by Gasteiger charge is 2.29. The Bertz CT molecular complexity index is 441. The Kier molecular flexibility index (Phi) is 6.19. The summed E-state index contributed by atoms with van der Waals surface area (Å²) in [6.07, 6.45) is -0.0838. The fourth-order valence-electron chi connectivity index (χ4n) is 2.00. The largest absolute Gasteiger partial charge is 0.378 e. The molecule has 0 bridgehead atoms. The zero-order valence-electron chi connectivity index (χ0n) is 10.3. The summed E-state index contributed by atoms with van der Waals surface area (Å²) in [5, 5.41) is 5.90. The molecule has 1 aliphatic heterocycles. The van der Waals surface area contributed by atoms with E-state index in [4.69, 9.17) is 4.74 Å². The van der Waals surface area contributed by atoms with Gasteiger partial charge in [0.05, 0.1) is 17.7 Å². The summed E-state index contributed by atoms with van der Waals surface area (Å²) in [6.45, 7) is 1.30. The molecule has 1 aromatic rings. The third-order valence-electron chi connectivity index (χ3n) is 2.97. The predicted molar refractivity (Wildman–Crippen MR) is 76.3 cm³/mol. The van der Waals surface area contributed by atoms with Crippen LogP contribution in [0.25, 0.3) is 0 Å². The molecule has 1 aliphatic rings. The van der Waals surface area contributed by atoms with Gasteiger partial charge in [-0.05, 0) is 28.1 Å². The number of hydrogen-bond acceptors (Lipinski definition) is 3. The van der Waals surface area contributed by atoms with Crippen LogP contribution >= 0.6 is 28.3 Å². The zero-order chi connectivity index (χ0) is 13.1. The number of carbonyl (C=O) groups excluding carboxylic acids is 1. The molecule has 2 rings (SSSR count). The summed E-state index contributed by atoms with van der Waals surface area (Å²) in [7, 11) is 1.59. The van der Waals surface area contributed by atoms with Gasteiger partial charge in [0.1, 0.15) is 5.82 Å². The SMILES string of the molecule is CO[C@H]1CNCC1NC(=O)c1c(F)cccc1Br.Cl. The molecular formula is C12H15BrClFN2O2. The first-order chi connectivity index (χ1) is 8.63. The van der Waals surface area contributed by atoms with Gasteiger partial charge in [-0.3, -0.25) is 4.79 Å². The van der Waals surface area contributed by atoms with Crippen LogP contribution in [0.15, 0.2) is 22.7 Å². The molecule has 1 unspecified atom stereocenters. The van der Waals surface area contributed by atoms with Crippen molar-refractivity contribution < 1.29 is 13.9 Å². The fraction of sp³-hybridized carbons (Fsp3) is 0.417. The molecule has 0 aromatic heterocycles. The van der Waals surface area contributed by atoms with Crippen molar-refractivity contribution in [2.24, 2.45) is 0 Å². The molecular weight excluding hydrogens is 338 g/mol. The molecule has 2 atom stereocenters. The summed E-state index contributed by atoms with van der Waals surface area (Å²) >= 11 is 3.18. The number of amides is 1. The number of ether oxygens (including phenoxy) is 1. The first kappa shape index (κ1) is 16.4. The zero-order valence-corrected chi connectivity index (χ0v) is 12.7. The second-order valence-corrected chi connectivity index (χ2v) is 4.96. The Morgan fingerprint density at radius 2 is 2.26 bits per heavy atom. The quantitative estimate of drug-likeness (QED) is 0.870. The predicted octanol–water partition coefficient (Wildman–Crippen LogP) is 1.73. The molecule has 106 valence electrons. The van der Waals surface area contributed by atoms with Gasteiger partial charge >= 0.3 is 0 Å². The van der Waals surface area contributed by atoms with E-state index in [1.54, 1.807) is 19.2 Å². The smallest absolute Gasteiger partial charge is 0.255 e. The Balaban J connectivity index is 0.00000180. The molecule has 0 aliphatic carbocycles. The molecule has 0 saturated carbocycles.